The van der Waals surface area contributed by atoms with Gasteiger partial charge in [0.1, 0.15) is 0 Å². The molecule has 0 spiro atoms. The fourth-order valence-electron chi connectivity index (χ4n) is 1.93. The second-order valence-corrected chi connectivity index (χ2v) is 5.58. The number of hydrogen-bond donors (Lipinski definition) is 1. The van der Waals surface area contributed by atoms with E-state index >= 15 is 0 Å². The Morgan fingerprint density at radius 1 is 1.22 bits per heavy atom. The van der Waals surface area contributed by atoms with Crippen LogP contribution in [0.2, 0.25) is 0 Å². The van der Waals surface area contributed by atoms with Crippen molar-refractivity contribution in [1.29, 1.82) is 0 Å². The molecule has 0 amide bonds. The molecule has 2 N–H and O–H groups in total. The Kier molecular flexibility index (Phi) is 5.36. The normalized spacial score (nSPS) is 15.4. The van der Waals surface area contributed by atoms with Gasteiger partial charge in [-0.05, 0) is 44.7 Å². The lowest BCUT2D eigenvalue weighted by atomic mass is 9.95. The Balaban J connectivity index is 3.03. The molecule has 0 aliphatic rings. The molecular formula is C16H27NO. The Labute approximate surface area is 112 Å². The third-order valence-electron chi connectivity index (χ3n) is 3.65. The third-order valence-corrected chi connectivity index (χ3v) is 3.65. The Morgan fingerprint density at radius 3 is 2.33 bits per heavy atom. The molecule has 0 heterocycles. The van der Waals surface area contributed by atoms with Gasteiger partial charge in [-0.15, -0.1) is 0 Å². The van der Waals surface area contributed by atoms with Gasteiger partial charge in [-0.3, -0.25) is 0 Å². The predicted octanol–water partition coefficient (Wildman–Crippen LogP) is 3.98. The molecule has 18 heavy (non-hydrogen) atoms. The summed E-state index contributed by atoms with van der Waals surface area (Å²) in [5.41, 5.74) is 8.58. The number of rotatable bonds is 6. The summed E-state index contributed by atoms with van der Waals surface area (Å²) in [6, 6.07) is 8.39. The van der Waals surface area contributed by atoms with Gasteiger partial charge >= 0.3 is 0 Å². The lowest BCUT2D eigenvalue weighted by Crippen LogP contribution is -2.36. The van der Waals surface area contributed by atoms with E-state index in [1.54, 1.807) is 0 Å². The van der Waals surface area contributed by atoms with Gasteiger partial charge in [0.15, 0.2) is 0 Å². The van der Waals surface area contributed by atoms with E-state index in [2.05, 4.69) is 58.9 Å². The van der Waals surface area contributed by atoms with Crippen molar-refractivity contribution in [1.82, 2.24) is 0 Å². The van der Waals surface area contributed by atoms with Crippen LogP contribution < -0.4 is 5.73 Å². The van der Waals surface area contributed by atoms with E-state index in [4.69, 9.17) is 10.5 Å². The maximum Gasteiger partial charge on any atom is 0.0985 e. The quantitative estimate of drug-likeness (QED) is 0.827. The Bertz CT molecular complexity index is 373. The van der Waals surface area contributed by atoms with Crippen molar-refractivity contribution in [3.63, 3.8) is 0 Å². The summed E-state index contributed by atoms with van der Waals surface area (Å²) in [5.74, 6) is 0. The molecule has 0 bridgehead atoms. The van der Waals surface area contributed by atoms with Crippen molar-refractivity contribution in [2.45, 2.75) is 65.2 Å². The zero-order chi connectivity index (χ0) is 13.8. The average molecular weight is 249 g/mol. The van der Waals surface area contributed by atoms with Crippen molar-refractivity contribution in [3.8, 4) is 0 Å². The highest BCUT2D eigenvalue weighted by Crippen LogP contribution is 2.31. The average Bonchev–Trinajstić information content (AvgIpc) is 2.36. The zero-order valence-electron chi connectivity index (χ0n) is 12.4. The maximum absolute atomic E-state index is 6.28. The first kappa shape index (κ1) is 15.2. The molecule has 2 atom stereocenters. The van der Waals surface area contributed by atoms with E-state index in [0.29, 0.717) is 0 Å². The molecule has 2 heteroatoms. The Morgan fingerprint density at radius 2 is 1.83 bits per heavy atom. The third kappa shape index (κ3) is 3.82. The molecule has 0 saturated carbocycles. The topological polar surface area (TPSA) is 35.2 Å². The molecule has 0 aliphatic carbocycles. The molecule has 0 fully saturated rings. The van der Waals surface area contributed by atoms with Crippen LogP contribution in [0.5, 0.6) is 0 Å². The predicted molar refractivity (Wildman–Crippen MR) is 77.6 cm³/mol. The van der Waals surface area contributed by atoms with E-state index in [-0.39, 0.29) is 17.7 Å². The van der Waals surface area contributed by atoms with Gasteiger partial charge in [-0.1, -0.05) is 38.1 Å². The Hall–Kier alpha value is -0.860. The first-order valence-electron chi connectivity index (χ1n) is 6.90. The molecule has 2 unspecified atom stereocenters. The summed E-state index contributed by atoms with van der Waals surface area (Å²) in [7, 11) is 0. The van der Waals surface area contributed by atoms with Gasteiger partial charge < -0.3 is 10.5 Å². The van der Waals surface area contributed by atoms with Crippen LogP contribution in [0.15, 0.2) is 24.3 Å². The van der Waals surface area contributed by atoms with Gasteiger partial charge in [-0.25, -0.2) is 0 Å². The molecule has 1 aromatic carbocycles. The van der Waals surface area contributed by atoms with Crippen LogP contribution >= 0.6 is 0 Å². The van der Waals surface area contributed by atoms with Crippen LogP contribution in [-0.2, 0) is 4.74 Å². The number of aryl methyl sites for hydroxylation is 1. The minimum absolute atomic E-state index is 0.0221. The largest absolute Gasteiger partial charge is 0.366 e. The first-order valence-corrected chi connectivity index (χ1v) is 6.90. The van der Waals surface area contributed by atoms with Gasteiger partial charge in [-0.2, -0.15) is 0 Å². The molecule has 1 aromatic rings. The van der Waals surface area contributed by atoms with Gasteiger partial charge in [0.2, 0.25) is 0 Å². The maximum atomic E-state index is 6.28. The van der Waals surface area contributed by atoms with E-state index < -0.39 is 0 Å². The number of hydrogen-bond acceptors (Lipinski definition) is 2. The summed E-state index contributed by atoms with van der Waals surface area (Å²) in [6.45, 7) is 10.6. The molecular weight excluding hydrogens is 222 g/mol. The second kappa shape index (κ2) is 6.35. The molecule has 0 radical (unpaired) electrons. The highest BCUT2D eigenvalue weighted by Gasteiger charge is 2.27. The van der Waals surface area contributed by atoms with Crippen molar-refractivity contribution in [2.24, 2.45) is 5.73 Å². The van der Waals surface area contributed by atoms with Crippen molar-refractivity contribution in [2.75, 3.05) is 0 Å². The van der Waals surface area contributed by atoms with Crippen molar-refractivity contribution < 1.29 is 4.74 Å². The summed E-state index contributed by atoms with van der Waals surface area (Å²) < 4.78 is 6.28. The summed E-state index contributed by atoms with van der Waals surface area (Å²) in [4.78, 5) is 0. The monoisotopic (exact) mass is 249 g/mol. The number of nitrogens with two attached hydrogens (primary N) is 1. The lowest BCUT2D eigenvalue weighted by molar-refractivity contribution is -0.0860. The zero-order valence-corrected chi connectivity index (χ0v) is 12.4. The van der Waals surface area contributed by atoms with Gasteiger partial charge in [0, 0.05) is 6.04 Å². The number of ether oxygens (including phenoxy) is 1. The van der Waals surface area contributed by atoms with Crippen LogP contribution in [0.3, 0.4) is 0 Å². The highest BCUT2D eigenvalue weighted by atomic mass is 16.5. The highest BCUT2D eigenvalue weighted by molar-refractivity contribution is 5.29. The second-order valence-electron chi connectivity index (χ2n) is 5.58. The summed E-state index contributed by atoms with van der Waals surface area (Å²) in [6.07, 6.45) is 1.87. The first-order chi connectivity index (χ1) is 8.41. The van der Waals surface area contributed by atoms with Crippen LogP contribution in [-0.4, -0.2) is 11.6 Å². The van der Waals surface area contributed by atoms with Crippen LogP contribution in [0.25, 0.3) is 0 Å². The minimum Gasteiger partial charge on any atom is -0.366 e. The van der Waals surface area contributed by atoms with Crippen LogP contribution in [0.1, 0.15) is 57.8 Å². The van der Waals surface area contributed by atoms with E-state index in [9.17, 15) is 0 Å². The lowest BCUT2D eigenvalue weighted by Gasteiger charge is -2.34. The number of benzene rings is 1. The molecule has 2 nitrogen and oxygen atoms in total. The fourth-order valence-corrected chi connectivity index (χ4v) is 1.93. The molecule has 0 aromatic heterocycles. The molecule has 0 aliphatic heterocycles. The molecule has 0 saturated heterocycles. The van der Waals surface area contributed by atoms with Crippen LogP contribution in [0, 0.1) is 6.92 Å². The smallest absolute Gasteiger partial charge is 0.0985 e. The SMILES string of the molecule is CCC(N)C(OC(C)(C)CC)c1ccccc1C. The fraction of sp³-hybridized carbons (Fsp3) is 0.625. The molecule has 1 rings (SSSR count). The van der Waals surface area contributed by atoms with Gasteiger partial charge in [0.05, 0.1) is 11.7 Å². The minimum atomic E-state index is -0.139. The summed E-state index contributed by atoms with van der Waals surface area (Å²) >= 11 is 0. The van der Waals surface area contributed by atoms with Gasteiger partial charge in [0.25, 0.3) is 0 Å². The van der Waals surface area contributed by atoms with Crippen molar-refractivity contribution >= 4 is 0 Å². The van der Waals surface area contributed by atoms with Crippen molar-refractivity contribution in [3.05, 3.63) is 35.4 Å². The van der Waals surface area contributed by atoms with Crippen LogP contribution in [0.4, 0.5) is 0 Å². The van der Waals surface area contributed by atoms with E-state index in [1.807, 2.05) is 0 Å². The molecule has 102 valence electrons. The van der Waals surface area contributed by atoms with E-state index in [0.717, 1.165) is 12.8 Å². The van der Waals surface area contributed by atoms with E-state index in [1.165, 1.54) is 11.1 Å². The summed E-state index contributed by atoms with van der Waals surface area (Å²) in [5, 5.41) is 0. The standard InChI is InChI=1S/C16H27NO/c1-6-14(17)15(18-16(4,5)7-2)13-11-9-8-10-12(13)3/h8-11,14-15H,6-7,17H2,1-5H3.